The summed E-state index contributed by atoms with van der Waals surface area (Å²) in [6, 6.07) is 12.8. The largest absolute Gasteiger partial charge is 0.481 e. The van der Waals surface area contributed by atoms with Gasteiger partial charge in [-0.25, -0.2) is 0 Å². The zero-order chi connectivity index (χ0) is 24.8. The third-order valence-electron chi connectivity index (χ3n) is 5.98. The lowest BCUT2D eigenvalue weighted by Crippen LogP contribution is -2.60. The average Bonchev–Trinajstić information content (AvgIpc) is 2.79. The summed E-state index contributed by atoms with van der Waals surface area (Å²) >= 11 is 0. The summed E-state index contributed by atoms with van der Waals surface area (Å²) in [6.45, 7) is 3.80. The number of benzene rings is 2. The molecule has 2 aromatic carbocycles. The maximum atomic E-state index is 11.2. The van der Waals surface area contributed by atoms with E-state index < -0.39 is 43.3 Å². The van der Waals surface area contributed by atoms with Crippen LogP contribution in [0.3, 0.4) is 0 Å². The summed E-state index contributed by atoms with van der Waals surface area (Å²) in [7, 11) is 0. The first-order valence-corrected chi connectivity index (χ1v) is 11.6. The summed E-state index contributed by atoms with van der Waals surface area (Å²) in [5, 5.41) is 49.2. The molecule has 34 heavy (non-hydrogen) atoms. The smallest absolute Gasteiger partial charge is 0.307 e. The number of aliphatic carboxylic acids is 1. The molecule has 0 amide bonds. The Balaban J connectivity index is 1.94. The van der Waals surface area contributed by atoms with Crippen molar-refractivity contribution in [2.75, 3.05) is 6.61 Å². The van der Waals surface area contributed by atoms with Crippen LogP contribution in [0.25, 0.3) is 11.1 Å². The van der Waals surface area contributed by atoms with Crippen LogP contribution in [0.5, 0.6) is 5.75 Å². The van der Waals surface area contributed by atoms with Gasteiger partial charge < -0.3 is 35.0 Å². The fraction of sp³-hybridized carbons (Fsp3) is 0.500. The topological polar surface area (TPSA) is 137 Å². The molecular formula is C26H34O8. The predicted molar refractivity (Wildman–Crippen MR) is 125 cm³/mol. The Hall–Kier alpha value is -2.49. The van der Waals surface area contributed by atoms with Crippen molar-refractivity contribution in [1.29, 1.82) is 0 Å². The first kappa shape index (κ1) is 26.1. The molecule has 1 saturated heterocycles. The number of carbonyl (C=O) groups is 1. The van der Waals surface area contributed by atoms with Crippen LogP contribution in [0.1, 0.15) is 37.8 Å². The normalized spacial score (nSPS) is 24.9. The van der Waals surface area contributed by atoms with Crippen molar-refractivity contribution in [3.8, 4) is 16.9 Å². The molecule has 1 heterocycles. The van der Waals surface area contributed by atoms with Crippen molar-refractivity contribution < 1.29 is 39.8 Å². The minimum Gasteiger partial charge on any atom is -0.481 e. The molecule has 1 fully saturated rings. The van der Waals surface area contributed by atoms with Crippen molar-refractivity contribution in [1.82, 2.24) is 0 Å². The third kappa shape index (κ3) is 6.55. The number of hydrogen-bond acceptors (Lipinski definition) is 7. The molecule has 3 rings (SSSR count). The van der Waals surface area contributed by atoms with Gasteiger partial charge in [0.25, 0.3) is 0 Å². The molecule has 2 aromatic rings. The molecule has 0 radical (unpaired) electrons. The van der Waals surface area contributed by atoms with Gasteiger partial charge in [-0.05, 0) is 47.6 Å². The Morgan fingerprint density at radius 3 is 2.47 bits per heavy atom. The molecule has 5 unspecified atom stereocenters. The molecule has 5 atom stereocenters. The van der Waals surface area contributed by atoms with E-state index in [-0.39, 0.29) is 6.42 Å². The minimum atomic E-state index is -1.55. The molecule has 186 valence electrons. The van der Waals surface area contributed by atoms with E-state index in [0.717, 1.165) is 30.4 Å². The van der Waals surface area contributed by atoms with Crippen LogP contribution in [-0.4, -0.2) is 68.8 Å². The van der Waals surface area contributed by atoms with Crippen LogP contribution < -0.4 is 4.74 Å². The molecule has 1 aliphatic rings. The third-order valence-corrected chi connectivity index (χ3v) is 5.98. The van der Waals surface area contributed by atoms with Gasteiger partial charge in [-0.15, -0.1) is 0 Å². The highest BCUT2D eigenvalue weighted by Crippen LogP contribution is 2.35. The Morgan fingerprint density at radius 1 is 1.03 bits per heavy atom. The molecule has 0 bridgehead atoms. The van der Waals surface area contributed by atoms with Gasteiger partial charge >= 0.3 is 5.97 Å². The van der Waals surface area contributed by atoms with E-state index in [1.165, 1.54) is 0 Å². The van der Waals surface area contributed by atoms with Crippen LogP contribution in [-0.2, 0) is 22.4 Å². The van der Waals surface area contributed by atoms with Gasteiger partial charge in [-0.1, -0.05) is 50.6 Å². The number of rotatable bonds is 10. The summed E-state index contributed by atoms with van der Waals surface area (Å²) in [5.74, 6) is 0.0303. The second-order valence-electron chi connectivity index (χ2n) is 9.20. The second-order valence-corrected chi connectivity index (χ2v) is 9.20. The summed E-state index contributed by atoms with van der Waals surface area (Å²) in [6.07, 6.45) is -4.11. The van der Waals surface area contributed by atoms with Gasteiger partial charge in [0, 0.05) is 5.56 Å². The quantitative estimate of drug-likeness (QED) is 0.353. The number of aryl methyl sites for hydroxylation is 1. The summed E-state index contributed by atoms with van der Waals surface area (Å²) in [4.78, 5) is 11.2. The Labute approximate surface area is 199 Å². The van der Waals surface area contributed by atoms with Gasteiger partial charge in [-0.2, -0.15) is 0 Å². The Morgan fingerprint density at radius 2 is 1.79 bits per heavy atom. The molecule has 1 aliphatic heterocycles. The lowest BCUT2D eigenvalue weighted by molar-refractivity contribution is -0.277. The van der Waals surface area contributed by atoms with Crippen molar-refractivity contribution in [3.63, 3.8) is 0 Å². The van der Waals surface area contributed by atoms with Crippen molar-refractivity contribution in [3.05, 3.63) is 53.6 Å². The van der Waals surface area contributed by atoms with Gasteiger partial charge in [0.2, 0.25) is 6.29 Å². The van der Waals surface area contributed by atoms with Crippen LogP contribution in [0.4, 0.5) is 0 Å². The lowest BCUT2D eigenvalue weighted by Gasteiger charge is -2.39. The van der Waals surface area contributed by atoms with Crippen LogP contribution in [0.2, 0.25) is 0 Å². The molecule has 0 aliphatic carbocycles. The fourth-order valence-corrected chi connectivity index (χ4v) is 4.09. The van der Waals surface area contributed by atoms with Crippen LogP contribution in [0, 0.1) is 5.92 Å². The molecule has 0 spiro atoms. The van der Waals surface area contributed by atoms with Crippen molar-refractivity contribution >= 4 is 5.97 Å². The molecule has 8 nitrogen and oxygen atoms in total. The Kier molecular flexibility index (Phi) is 9.04. The van der Waals surface area contributed by atoms with Crippen molar-refractivity contribution in [2.24, 2.45) is 5.92 Å². The SMILES string of the molecule is CC(C)CCCc1ccc(OC2OC(CO)C(O)C(O)C2O)c(-c2cccc(CC(=O)O)c2)c1. The number of aliphatic hydroxyl groups is 4. The molecule has 0 aromatic heterocycles. The molecule has 5 N–H and O–H groups in total. The maximum absolute atomic E-state index is 11.2. The van der Waals surface area contributed by atoms with Crippen LogP contribution >= 0.6 is 0 Å². The van der Waals surface area contributed by atoms with Crippen LogP contribution in [0.15, 0.2) is 42.5 Å². The van der Waals surface area contributed by atoms with Gasteiger partial charge in [0.1, 0.15) is 30.2 Å². The van der Waals surface area contributed by atoms with Gasteiger partial charge in [-0.3, -0.25) is 4.79 Å². The molecular weight excluding hydrogens is 440 g/mol. The van der Waals surface area contributed by atoms with Gasteiger partial charge in [0.15, 0.2) is 0 Å². The van der Waals surface area contributed by atoms with E-state index in [9.17, 15) is 30.3 Å². The van der Waals surface area contributed by atoms with E-state index in [0.29, 0.717) is 22.8 Å². The first-order valence-electron chi connectivity index (χ1n) is 11.6. The summed E-state index contributed by atoms with van der Waals surface area (Å²) < 4.78 is 11.5. The van der Waals surface area contributed by atoms with E-state index in [4.69, 9.17) is 9.47 Å². The number of carboxylic acids is 1. The van der Waals surface area contributed by atoms with Crippen molar-refractivity contribution in [2.45, 2.75) is 70.2 Å². The minimum absolute atomic E-state index is 0.120. The van der Waals surface area contributed by atoms with E-state index >= 15 is 0 Å². The molecule has 8 heteroatoms. The lowest BCUT2D eigenvalue weighted by atomic mass is 9.96. The second kappa shape index (κ2) is 11.8. The monoisotopic (exact) mass is 474 g/mol. The maximum Gasteiger partial charge on any atom is 0.307 e. The average molecular weight is 475 g/mol. The fourth-order valence-electron chi connectivity index (χ4n) is 4.09. The highest BCUT2D eigenvalue weighted by atomic mass is 16.7. The molecule has 0 saturated carbocycles. The first-order chi connectivity index (χ1) is 16.2. The van der Waals surface area contributed by atoms with E-state index in [1.807, 2.05) is 18.2 Å². The van der Waals surface area contributed by atoms with E-state index in [1.54, 1.807) is 24.3 Å². The number of ether oxygens (including phenoxy) is 2. The van der Waals surface area contributed by atoms with E-state index in [2.05, 4.69) is 13.8 Å². The zero-order valence-electron chi connectivity index (χ0n) is 19.5. The zero-order valence-corrected chi connectivity index (χ0v) is 19.5. The number of hydrogen-bond donors (Lipinski definition) is 5. The highest BCUT2D eigenvalue weighted by Gasteiger charge is 2.44. The highest BCUT2D eigenvalue weighted by molar-refractivity contribution is 5.74. The number of aliphatic hydroxyl groups excluding tert-OH is 4. The number of carboxylic acid groups (broad SMARTS) is 1. The standard InChI is InChI=1S/C26H34O8/c1-15(2)5-3-6-16-9-10-20(33-26-25(32)24(31)23(30)21(14-27)34-26)19(12-16)18-8-4-7-17(11-18)13-22(28)29/h4,7-12,15,21,23-27,30-32H,3,5-6,13-14H2,1-2H3,(H,28,29). The summed E-state index contributed by atoms with van der Waals surface area (Å²) in [5.41, 5.74) is 3.14. The van der Waals surface area contributed by atoms with Gasteiger partial charge in [0.05, 0.1) is 13.0 Å². The Bertz CT molecular complexity index is 958. The predicted octanol–water partition coefficient (Wildman–Crippen LogP) is 2.14.